The van der Waals surface area contributed by atoms with E-state index in [2.05, 4.69) is 15.4 Å². The number of unbranched alkanes of at least 4 members (excludes halogenated alkanes) is 21. The molecule has 16 nitrogen and oxygen atoms in total. The van der Waals surface area contributed by atoms with Gasteiger partial charge in [-0.15, -0.1) is 0 Å². The van der Waals surface area contributed by atoms with Crippen LogP contribution in [0.15, 0.2) is 0 Å². The molecule has 0 saturated carbocycles. The monoisotopic (exact) mass is 944 g/mol. The Kier molecular flexibility index (Phi) is 38.0. The number of carbonyl (C=O) groups is 8. The van der Waals surface area contributed by atoms with E-state index >= 15 is 0 Å². The topological polar surface area (TPSA) is 267 Å². The Morgan fingerprint density at radius 3 is 1.38 bits per heavy atom. The van der Waals surface area contributed by atoms with E-state index in [0.29, 0.717) is 32.2 Å². The second-order valence-corrected chi connectivity index (χ2v) is 19.5. The zero-order valence-electron chi connectivity index (χ0n) is 39.7. The molecule has 376 valence electrons. The number of sulfonamides is 1. The average Bonchev–Trinajstić information content (AvgIpc) is 3.23. The van der Waals surface area contributed by atoms with Gasteiger partial charge in [0.05, 0.1) is 11.7 Å². The van der Waals surface area contributed by atoms with Crippen molar-refractivity contribution in [1.29, 1.82) is 0 Å². The molecule has 0 saturated heterocycles. The molecule has 0 bridgehead atoms. The number of Topliss-reactive ketones (excluding diaryl/α,β-unsaturated/α-hetero) is 2. The van der Waals surface area contributed by atoms with Crippen LogP contribution in [0.25, 0.3) is 0 Å². The lowest BCUT2D eigenvalue weighted by atomic mass is 9.94. The lowest BCUT2D eigenvalue weighted by Gasteiger charge is -2.15. The van der Waals surface area contributed by atoms with Crippen LogP contribution in [0.5, 0.6) is 0 Å². The third-order valence-electron chi connectivity index (χ3n) is 11.5. The van der Waals surface area contributed by atoms with Gasteiger partial charge in [0.2, 0.25) is 27.7 Å². The highest BCUT2D eigenvalue weighted by atomic mass is 32.2. The van der Waals surface area contributed by atoms with Gasteiger partial charge in [0, 0.05) is 57.9 Å². The van der Waals surface area contributed by atoms with Gasteiger partial charge in [-0.25, -0.2) is 13.2 Å². The largest absolute Gasteiger partial charge is 0.481 e. The number of hydrogen-bond acceptors (Lipinski definition) is 10. The highest BCUT2D eigenvalue weighted by molar-refractivity contribution is 7.90. The Bertz CT molecular complexity index is 1490. The molecule has 65 heavy (non-hydrogen) atoms. The predicted octanol–water partition coefficient (Wildman–Crippen LogP) is 8.72. The zero-order chi connectivity index (χ0) is 48.6. The highest BCUT2D eigenvalue weighted by Crippen LogP contribution is 2.18. The first-order valence-corrected chi connectivity index (χ1v) is 26.5. The van der Waals surface area contributed by atoms with Crippen LogP contribution in [0.2, 0.25) is 0 Å². The lowest BCUT2D eigenvalue weighted by molar-refractivity contribution is -0.145. The van der Waals surface area contributed by atoms with Crippen molar-refractivity contribution in [2.45, 2.75) is 238 Å². The summed E-state index contributed by atoms with van der Waals surface area (Å²) >= 11 is 0. The van der Waals surface area contributed by atoms with E-state index in [1.165, 1.54) is 38.5 Å². The maximum Gasteiger partial charge on any atom is 0.326 e. The number of carboxylic acid groups (broad SMARTS) is 3. The molecule has 3 amide bonds. The number of nitrogens with one attached hydrogen (secondary N) is 3. The molecule has 0 rings (SSSR count). The fraction of sp³-hybridized carbons (Fsp3) is 0.833. The Morgan fingerprint density at radius 2 is 0.908 bits per heavy atom. The Morgan fingerprint density at radius 1 is 0.446 bits per heavy atom. The van der Waals surface area contributed by atoms with Crippen LogP contribution in [0, 0.1) is 5.92 Å². The second kappa shape index (κ2) is 40.4. The molecule has 0 heterocycles. The van der Waals surface area contributed by atoms with Crippen molar-refractivity contribution in [2.24, 2.45) is 5.92 Å². The van der Waals surface area contributed by atoms with E-state index in [9.17, 15) is 57.0 Å². The summed E-state index contributed by atoms with van der Waals surface area (Å²) in [5, 5.41) is 32.8. The number of carbonyl (C=O) groups excluding carboxylic acids is 5. The third kappa shape index (κ3) is 40.1. The second-order valence-electron chi connectivity index (χ2n) is 17.7. The normalized spacial score (nSPS) is 12.3. The molecule has 0 aromatic rings. The standard InChI is InChI=1S/C48H85N3O13S/c1-2-27-40(52)33-34-42(48(61)62)50-44(55)35-32-39(47(59)60)38-41(53)28-22-18-14-10-9-13-17-21-25-36-49-43(54)30-26-37-65(63,64)51-45(56)29-23-19-15-11-7-5-3-4-6-8-12-16-20-24-31-46(57)58/h39,42H,2-38H2,1H3,(H,49,54)(H,50,55)(H,51,56)(H,57,58)(H,59,60)(H,61,62)/t39-,42+/m0/s1. The molecular weight excluding hydrogens is 859 g/mol. The summed E-state index contributed by atoms with van der Waals surface area (Å²) in [5.74, 6) is -6.11. The predicted molar refractivity (Wildman–Crippen MR) is 251 cm³/mol. The molecular formula is C48H85N3O13S. The van der Waals surface area contributed by atoms with Gasteiger partial charge in [0.25, 0.3) is 0 Å². The number of hydrogen-bond donors (Lipinski definition) is 6. The Labute approximate surface area is 389 Å². The van der Waals surface area contributed by atoms with E-state index in [1.807, 2.05) is 6.92 Å². The molecule has 0 aromatic heterocycles. The summed E-state index contributed by atoms with van der Waals surface area (Å²) in [6, 6.07) is -1.24. The van der Waals surface area contributed by atoms with Crippen molar-refractivity contribution >= 4 is 57.2 Å². The number of aliphatic carboxylic acids is 3. The van der Waals surface area contributed by atoms with E-state index in [-0.39, 0.29) is 87.4 Å². The average molecular weight is 944 g/mol. The molecule has 6 N–H and O–H groups in total. The highest BCUT2D eigenvalue weighted by Gasteiger charge is 2.25. The first-order chi connectivity index (χ1) is 31.1. The van der Waals surface area contributed by atoms with Crippen molar-refractivity contribution in [2.75, 3.05) is 12.3 Å². The molecule has 0 aliphatic rings. The van der Waals surface area contributed by atoms with Gasteiger partial charge in [-0.3, -0.25) is 38.3 Å². The number of ketones is 2. The zero-order valence-corrected chi connectivity index (χ0v) is 40.5. The summed E-state index contributed by atoms with van der Waals surface area (Å²) < 4.78 is 26.8. The molecule has 0 aliphatic carbocycles. The number of carboxylic acids is 3. The van der Waals surface area contributed by atoms with E-state index in [1.54, 1.807) is 0 Å². The van der Waals surface area contributed by atoms with Crippen LogP contribution in [0.4, 0.5) is 0 Å². The molecule has 0 aliphatic heterocycles. The molecule has 0 fully saturated rings. The van der Waals surface area contributed by atoms with Crippen molar-refractivity contribution in [3.8, 4) is 0 Å². The van der Waals surface area contributed by atoms with Crippen LogP contribution < -0.4 is 15.4 Å². The molecule has 2 atom stereocenters. The lowest BCUT2D eigenvalue weighted by Crippen LogP contribution is -2.41. The van der Waals surface area contributed by atoms with Gasteiger partial charge >= 0.3 is 17.9 Å². The minimum atomic E-state index is -3.79. The molecule has 0 aromatic carbocycles. The van der Waals surface area contributed by atoms with Gasteiger partial charge in [0.15, 0.2) is 0 Å². The SMILES string of the molecule is CCCC(=O)CC[C@@H](NC(=O)CC[C@@H](CC(=O)CCCCCCCCCCCNC(=O)CCCS(=O)(=O)NC(=O)CCCCCCCCCCCCCCCCC(=O)O)C(=O)O)C(=O)O. The van der Waals surface area contributed by atoms with E-state index < -0.39 is 51.7 Å². The van der Waals surface area contributed by atoms with Crippen LogP contribution in [-0.4, -0.2) is 89.3 Å². The van der Waals surface area contributed by atoms with Gasteiger partial charge < -0.3 is 26.0 Å². The minimum absolute atomic E-state index is 0.0295. The molecule has 0 spiro atoms. The maximum atomic E-state index is 12.5. The molecule has 17 heteroatoms. The van der Waals surface area contributed by atoms with Crippen LogP contribution in [0.3, 0.4) is 0 Å². The van der Waals surface area contributed by atoms with Crippen molar-refractivity contribution in [1.82, 2.24) is 15.4 Å². The van der Waals surface area contributed by atoms with Gasteiger partial charge in [-0.2, -0.15) is 0 Å². The van der Waals surface area contributed by atoms with E-state index in [4.69, 9.17) is 5.11 Å². The van der Waals surface area contributed by atoms with E-state index in [0.717, 1.165) is 96.3 Å². The van der Waals surface area contributed by atoms with Gasteiger partial charge in [-0.1, -0.05) is 129 Å². The Balaban J connectivity index is 3.83. The summed E-state index contributed by atoms with van der Waals surface area (Å²) in [6.45, 7) is 2.35. The summed E-state index contributed by atoms with van der Waals surface area (Å²) in [4.78, 5) is 94.6. The Hall–Kier alpha value is -3.89. The molecule has 0 radical (unpaired) electrons. The minimum Gasteiger partial charge on any atom is -0.481 e. The van der Waals surface area contributed by atoms with Crippen LogP contribution >= 0.6 is 0 Å². The van der Waals surface area contributed by atoms with Crippen LogP contribution in [0.1, 0.15) is 232 Å². The van der Waals surface area contributed by atoms with Crippen molar-refractivity contribution < 1.29 is 62.1 Å². The van der Waals surface area contributed by atoms with Crippen molar-refractivity contribution in [3.05, 3.63) is 0 Å². The van der Waals surface area contributed by atoms with Gasteiger partial charge in [0.1, 0.15) is 17.6 Å². The summed E-state index contributed by atoms with van der Waals surface area (Å²) in [7, 11) is -3.79. The molecule has 0 unspecified atom stereocenters. The summed E-state index contributed by atoms with van der Waals surface area (Å²) in [5.41, 5.74) is 0. The fourth-order valence-electron chi connectivity index (χ4n) is 7.61. The quantitative estimate of drug-likeness (QED) is 0.0312. The number of rotatable bonds is 47. The first-order valence-electron chi connectivity index (χ1n) is 24.9. The fourth-order valence-corrected chi connectivity index (χ4v) is 8.69. The van der Waals surface area contributed by atoms with Crippen molar-refractivity contribution in [3.63, 3.8) is 0 Å². The number of amides is 3. The smallest absolute Gasteiger partial charge is 0.326 e. The van der Waals surface area contributed by atoms with Crippen LogP contribution in [-0.2, 0) is 48.4 Å². The first kappa shape index (κ1) is 61.1. The summed E-state index contributed by atoms with van der Waals surface area (Å²) in [6.07, 6.45) is 24.6. The maximum absolute atomic E-state index is 12.5. The van der Waals surface area contributed by atoms with Gasteiger partial charge in [-0.05, 0) is 51.4 Å². The third-order valence-corrected chi connectivity index (χ3v) is 12.9.